The molecule has 1 aliphatic carbocycles. The van der Waals surface area contributed by atoms with E-state index in [2.05, 4.69) is 5.10 Å². The van der Waals surface area contributed by atoms with Crippen LogP contribution in [0.4, 0.5) is 8.78 Å². The molecule has 0 radical (unpaired) electrons. The third kappa shape index (κ3) is 1.89. The lowest BCUT2D eigenvalue weighted by atomic mass is 9.87. The number of nitrogens with zero attached hydrogens (tertiary/aromatic N) is 2. The maximum Gasteiger partial charge on any atom is 0.260 e. The number of halogens is 2. The van der Waals surface area contributed by atoms with E-state index in [9.17, 15) is 8.78 Å². The van der Waals surface area contributed by atoms with Crippen molar-refractivity contribution in [3.8, 4) is 0 Å². The van der Waals surface area contributed by atoms with E-state index in [1.54, 1.807) is 17.9 Å². The number of rotatable bonds is 3. The van der Waals surface area contributed by atoms with Gasteiger partial charge >= 0.3 is 0 Å². The van der Waals surface area contributed by atoms with Gasteiger partial charge in [0.25, 0.3) is 5.92 Å². The lowest BCUT2D eigenvalue weighted by molar-refractivity contribution is 0.0814. The van der Waals surface area contributed by atoms with Gasteiger partial charge in [0.15, 0.2) is 0 Å². The summed E-state index contributed by atoms with van der Waals surface area (Å²) in [6.45, 7) is 1.32. The molecule has 0 spiro atoms. The van der Waals surface area contributed by atoms with Gasteiger partial charge in [-0.3, -0.25) is 4.68 Å². The first-order valence-electron chi connectivity index (χ1n) is 6.70. The first-order chi connectivity index (χ1) is 9.00. The topological polar surface area (TPSA) is 53.1 Å². The Morgan fingerprint density at radius 1 is 1.47 bits per heavy atom. The molecule has 106 valence electrons. The molecule has 1 aromatic rings. The first kappa shape index (κ1) is 13.0. The number of alkyl halides is 2. The highest BCUT2D eigenvalue weighted by atomic mass is 19.3. The van der Waals surface area contributed by atoms with Crippen molar-refractivity contribution in [2.45, 2.75) is 36.5 Å². The largest absolute Gasteiger partial charge is 0.381 e. The standard InChI is InChI=1S/C13H19F2N3O/c1-18-6-10(12(8-16)7-13(12,14)15)11(17-18)9-2-4-19-5-3-9/h6,9H,2-5,7-8,16H2,1H3. The molecule has 1 saturated heterocycles. The van der Waals surface area contributed by atoms with Crippen LogP contribution in [0.25, 0.3) is 0 Å². The fraction of sp³-hybridized carbons (Fsp3) is 0.769. The van der Waals surface area contributed by atoms with E-state index in [-0.39, 0.29) is 18.9 Å². The molecule has 2 fully saturated rings. The van der Waals surface area contributed by atoms with Gasteiger partial charge in [0, 0.05) is 50.9 Å². The minimum Gasteiger partial charge on any atom is -0.381 e. The quantitative estimate of drug-likeness (QED) is 0.907. The summed E-state index contributed by atoms with van der Waals surface area (Å²) in [5.41, 5.74) is 5.90. The highest BCUT2D eigenvalue weighted by Gasteiger charge is 2.72. The normalized spacial score (nSPS) is 30.5. The van der Waals surface area contributed by atoms with Crippen LogP contribution >= 0.6 is 0 Å². The van der Waals surface area contributed by atoms with Crippen molar-refractivity contribution >= 4 is 0 Å². The van der Waals surface area contributed by atoms with Gasteiger partial charge < -0.3 is 10.5 Å². The summed E-state index contributed by atoms with van der Waals surface area (Å²) in [6, 6.07) is 0. The molecule has 6 heteroatoms. The van der Waals surface area contributed by atoms with Gasteiger partial charge in [-0.1, -0.05) is 0 Å². The van der Waals surface area contributed by atoms with Crippen LogP contribution in [-0.4, -0.2) is 35.5 Å². The summed E-state index contributed by atoms with van der Waals surface area (Å²) in [5, 5.41) is 4.43. The maximum atomic E-state index is 13.8. The first-order valence-corrected chi connectivity index (χ1v) is 6.70. The van der Waals surface area contributed by atoms with Crippen molar-refractivity contribution in [2.75, 3.05) is 19.8 Å². The molecule has 19 heavy (non-hydrogen) atoms. The molecule has 0 bridgehead atoms. The predicted molar refractivity (Wildman–Crippen MR) is 66.3 cm³/mol. The fourth-order valence-electron chi connectivity index (χ4n) is 3.11. The number of hydrogen-bond acceptors (Lipinski definition) is 3. The van der Waals surface area contributed by atoms with Crippen LogP contribution in [-0.2, 0) is 17.2 Å². The number of aromatic nitrogens is 2. The summed E-state index contributed by atoms with van der Waals surface area (Å²) in [4.78, 5) is 0. The van der Waals surface area contributed by atoms with Gasteiger partial charge in [0.1, 0.15) is 0 Å². The Morgan fingerprint density at radius 2 is 2.11 bits per heavy atom. The molecule has 4 nitrogen and oxygen atoms in total. The third-order valence-electron chi connectivity index (χ3n) is 4.43. The van der Waals surface area contributed by atoms with Gasteiger partial charge in [-0.2, -0.15) is 5.10 Å². The molecule has 2 heterocycles. The average molecular weight is 271 g/mol. The van der Waals surface area contributed by atoms with Crippen molar-refractivity contribution < 1.29 is 13.5 Å². The zero-order valence-corrected chi connectivity index (χ0v) is 11.0. The summed E-state index contributed by atoms with van der Waals surface area (Å²) >= 11 is 0. The van der Waals surface area contributed by atoms with E-state index in [0.717, 1.165) is 18.5 Å². The van der Waals surface area contributed by atoms with E-state index in [1.165, 1.54) is 0 Å². The smallest absolute Gasteiger partial charge is 0.260 e. The average Bonchev–Trinajstić information content (AvgIpc) is 2.77. The summed E-state index contributed by atoms with van der Waals surface area (Å²) in [7, 11) is 1.77. The minimum absolute atomic E-state index is 0.0259. The Kier molecular flexibility index (Phi) is 2.90. The molecule has 0 aromatic carbocycles. The van der Waals surface area contributed by atoms with Gasteiger partial charge in [0.05, 0.1) is 11.1 Å². The second-order valence-electron chi connectivity index (χ2n) is 5.66. The van der Waals surface area contributed by atoms with E-state index in [1.807, 2.05) is 0 Å². The van der Waals surface area contributed by atoms with Gasteiger partial charge in [-0.15, -0.1) is 0 Å². The SMILES string of the molecule is Cn1cc(C2(CN)CC2(F)F)c(C2CCOCC2)n1. The van der Waals surface area contributed by atoms with Gasteiger partial charge in [-0.05, 0) is 12.8 Å². The fourth-order valence-corrected chi connectivity index (χ4v) is 3.11. The number of nitrogens with two attached hydrogens (primary N) is 1. The number of hydrogen-bond donors (Lipinski definition) is 1. The summed E-state index contributed by atoms with van der Waals surface area (Å²) in [5.74, 6) is -2.48. The Bertz CT molecular complexity index is 482. The monoisotopic (exact) mass is 271 g/mol. The molecule has 0 amide bonds. The minimum atomic E-state index is -2.69. The summed E-state index contributed by atoms with van der Waals surface area (Å²) < 4.78 is 34.5. The molecule has 2 aliphatic rings. The Labute approximate surface area is 110 Å². The van der Waals surface area contributed by atoms with Crippen molar-refractivity contribution in [3.05, 3.63) is 17.5 Å². The highest BCUT2D eigenvalue weighted by molar-refractivity contribution is 5.41. The van der Waals surface area contributed by atoms with E-state index >= 15 is 0 Å². The highest BCUT2D eigenvalue weighted by Crippen LogP contribution is 2.62. The molecule has 3 rings (SSSR count). The predicted octanol–water partition coefficient (Wildman–Crippen LogP) is 1.55. The van der Waals surface area contributed by atoms with Crippen LogP contribution < -0.4 is 5.73 Å². The number of aryl methyl sites for hydroxylation is 1. The van der Waals surface area contributed by atoms with Crippen molar-refractivity contribution in [3.63, 3.8) is 0 Å². The van der Waals surface area contributed by atoms with Gasteiger partial charge in [0.2, 0.25) is 0 Å². The van der Waals surface area contributed by atoms with Gasteiger partial charge in [-0.25, -0.2) is 8.78 Å². The van der Waals surface area contributed by atoms with E-state index < -0.39 is 11.3 Å². The third-order valence-corrected chi connectivity index (χ3v) is 4.43. The molecule has 1 aromatic heterocycles. The maximum absolute atomic E-state index is 13.8. The van der Waals surface area contributed by atoms with Crippen LogP contribution in [0.1, 0.15) is 36.4 Å². The second kappa shape index (κ2) is 4.24. The molecule has 1 atom stereocenters. The Balaban J connectivity index is 1.98. The van der Waals surface area contributed by atoms with Crippen LogP contribution in [0.2, 0.25) is 0 Å². The lowest BCUT2D eigenvalue weighted by Gasteiger charge is -2.23. The molecular formula is C13H19F2N3O. The van der Waals surface area contributed by atoms with Crippen LogP contribution in [0.15, 0.2) is 6.20 Å². The van der Waals surface area contributed by atoms with Crippen molar-refractivity contribution in [1.82, 2.24) is 9.78 Å². The molecule has 2 N–H and O–H groups in total. The second-order valence-corrected chi connectivity index (χ2v) is 5.66. The number of ether oxygens (including phenoxy) is 1. The van der Waals surface area contributed by atoms with Crippen LogP contribution in [0.5, 0.6) is 0 Å². The Hall–Kier alpha value is -1.01. The lowest BCUT2D eigenvalue weighted by Crippen LogP contribution is -2.28. The molecule has 1 saturated carbocycles. The van der Waals surface area contributed by atoms with E-state index in [0.29, 0.717) is 18.8 Å². The Morgan fingerprint density at radius 3 is 2.63 bits per heavy atom. The molecule has 1 aliphatic heterocycles. The van der Waals surface area contributed by atoms with E-state index in [4.69, 9.17) is 10.5 Å². The van der Waals surface area contributed by atoms with Crippen LogP contribution in [0, 0.1) is 0 Å². The molecular weight excluding hydrogens is 252 g/mol. The molecule has 1 unspecified atom stereocenters. The van der Waals surface area contributed by atoms with Crippen LogP contribution in [0.3, 0.4) is 0 Å². The summed E-state index contributed by atoms with van der Waals surface area (Å²) in [6.07, 6.45) is 3.25. The zero-order chi connectivity index (χ0) is 13.7. The zero-order valence-electron chi connectivity index (χ0n) is 11.0. The van der Waals surface area contributed by atoms with Crippen molar-refractivity contribution in [1.29, 1.82) is 0 Å². The van der Waals surface area contributed by atoms with Crippen molar-refractivity contribution in [2.24, 2.45) is 12.8 Å².